The second-order valence-electron chi connectivity index (χ2n) is 5.75. The van der Waals surface area contributed by atoms with Crippen LogP contribution in [0.1, 0.15) is 32.6 Å². The van der Waals surface area contributed by atoms with Gasteiger partial charge < -0.3 is 10.4 Å². The van der Waals surface area contributed by atoms with E-state index in [0.717, 1.165) is 25.8 Å². The highest BCUT2D eigenvalue weighted by molar-refractivity contribution is 6.30. The van der Waals surface area contributed by atoms with Crippen LogP contribution in [0, 0.1) is 5.82 Å². The van der Waals surface area contributed by atoms with Crippen LogP contribution in [0.5, 0.6) is 0 Å². The molecule has 2 N–H and O–H groups in total. The van der Waals surface area contributed by atoms with Gasteiger partial charge in [-0.25, -0.2) is 4.39 Å². The number of nitrogens with zero attached hydrogens (tertiary/aromatic N) is 1. The van der Waals surface area contributed by atoms with Crippen LogP contribution in [0.3, 0.4) is 0 Å². The Labute approximate surface area is 135 Å². The lowest BCUT2D eigenvalue weighted by molar-refractivity contribution is -0.116. The molecule has 1 saturated heterocycles. The summed E-state index contributed by atoms with van der Waals surface area (Å²) in [6.07, 6.45) is 3.11. The summed E-state index contributed by atoms with van der Waals surface area (Å²) in [7, 11) is 0. The van der Waals surface area contributed by atoms with Gasteiger partial charge in [0.25, 0.3) is 0 Å². The molecule has 1 heterocycles. The first kappa shape index (κ1) is 17.2. The van der Waals surface area contributed by atoms with Gasteiger partial charge in [-0.15, -0.1) is 0 Å². The number of likely N-dealkylation sites (tertiary alicyclic amines) is 1. The Kier molecular flexibility index (Phi) is 5.78. The van der Waals surface area contributed by atoms with E-state index in [9.17, 15) is 14.3 Å². The Morgan fingerprint density at radius 2 is 2.32 bits per heavy atom. The van der Waals surface area contributed by atoms with Crippen molar-refractivity contribution in [3.8, 4) is 0 Å². The zero-order valence-corrected chi connectivity index (χ0v) is 13.5. The van der Waals surface area contributed by atoms with Crippen LogP contribution in [-0.2, 0) is 4.79 Å². The number of nitrogens with one attached hydrogen (secondary N) is 1. The number of rotatable bonds is 6. The summed E-state index contributed by atoms with van der Waals surface area (Å²) in [5.74, 6) is -0.781. The molecule has 1 aromatic carbocycles. The third kappa shape index (κ3) is 3.77. The molecule has 6 heteroatoms. The highest BCUT2D eigenvalue weighted by atomic mass is 35.5. The number of aliphatic hydroxyl groups is 1. The number of carbonyl (C=O) groups is 1. The molecular formula is C16H22ClFN2O2. The average molecular weight is 329 g/mol. The number of hydrogen-bond donors (Lipinski definition) is 2. The molecule has 2 rings (SSSR count). The number of hydrogen-bond acceptors (Lipinski definition) is 3. The van der Waals surface area contributed by atoms with Crippen LogP contribution in [0.25, 0.3) is 0 Å². The Bertz CT molecular complexity index is 535. The number of benzene rings is 1. The van der Waals surface area contributed by atoms with E-state index >= 15 is 0 Å². The predicted molar refractivity (Wildman–Crippen MR) is 85.6 cm³/mol. The molecule has 1 amide bonds. The van der Waals surface area contributed by atoms with Crippen molar-refractivity contribution in [1.82, 2.24) is 4.90 Å². The molecule has 1 aliphatic heterocycles. The summed E-state index contributed by atoms with van der Waals surface area (Å²) in [6.45, 7) is 3.61. The molecular weight excluding hydrogens is 307 g/mol. The average Bonchev–Trinajstić information content (AvgIpc) is 2.91. The van der Waals surface area contributed by atoms with E-state index in [-0.39, 0.29) is 30.2 Å². The van der Waals surface area contributed by atoms with Crippen LogP contribution in [0.4, 0.5) is 10.1 Å². The van der Waals surface area contributed by atoms with Crippen molar-refractivity contribution in [3.63, 3.8) is 0 Å². The van der Waals surface area contributed by atoms with Crippen LogP contribution in [0.15, 0.2) is 18.2 Å². The van der Waals surface area contributed by atoms with E-state index in [1.165, 1.54) is 18.2 Å². The van der Waals surface area contributed by atoms with Gasteiger partial charge in [-0.3, -0.25) is 9.69 Å². The summed E-state index contributed by atoms with van der Waals surface area (Å²) < 4.78 is 13.6. The van der Waals surface area contributed by atoms with Gasteiger partial charge in [0.1, 0.15) is 5.82 Å². The molecule has 4 nitrogen and oxygen atoms in total. The molecule has 0 aromatic heterocycles. The van der Waals surface area contributed by atoms with Crippen molar-refractivity contribution in [2.24, 2.45) is 0 Å². The first-order valence-electron chi connectivity index (χ1n) is 7.61. The molecule has 1 aliphatic rings. The zero-order valence-electron chi connectivity index (χ0n) is 12.7. The quantitative estimate of drug-likeness (QED) is 0.844. The molecule has 0 spiro atoms. The van der Waals surface area contributed by atoms with Gasteiger partial charge in [0.15, 0.2) is 0 Å². The van der Waals surface area contributed by atoms with Gasteiger partial charge in [0.2, 0.25) is 5.91 Å². The molecule has 0 saturated carbocycles. The Morgan fingerprint density at radius 1 is 1.55 bits per heavy atom. The Morgan fingerprint density at radius 3 is 2.95 bits per heavy atom. The fraction of sp³-hybridized carbons (Fsp3) is 0.562. The number of carbonyl (C=O) groups excluding carboxylic acids is 1. The van der Waals surface area contributed by atoms with Crippen LogP contribution >= 0.6 is 11.6 Å². The maximum absolute atomic E-state index is 13.6. The molecule has 1 unspecified atom stereocenters. The predicted octanol–water partition coefficient (Wildman–Crippen LogP) is 3.04. The first-order valence-corrected chi connectivity index (χ1v) is 7.99. The normalized spacial score (nSPS) is 22.0. The number of halogens is 2. The molecule has 1 fully saturated rings. The van der Waals surface area contributed by atoms with E-state index in [1.54, 1.807) is 0 Å². The van der Waals surface area contributed by atoms with E-state index in [0.29, 0.717) is 11.6 Å². The number of anilines is 1. The standard InChI is InChI=1S/C16H22ClFN2O2/c1-2-16(11-21)7-3-8-20(16)9-6-15(22)19-14-5-4-12(17)10-13(14)18/h4-5,10,21H,2-3,6-9,11H2,1H3,(H,19,22). The molecule has 0 bridgehead atoms. The van der Waals surface area contributed by atoms with Gasteiger partial charge in [-0.05, 0) is 44.0 Å². The lowest BCUT2D eigenvalue weighted by Crippen LogP contribution is -2.47. The van der Waals surface area contributed by atoms with E-state index in [1.807, 2.05) is 0 Å². The van der Waals surface area contributed by atoms with Crippen molar-refractivity contribution in [1.29, 1.82) is 0 Å². The summed E-state index contributed by atoms with van der Waals surface area (Å²) in [6, 6.07) is 4.16. The fourth-order valence-corrected chi connectivity index (χ4v) is 3.23. The minimum atomic E-state index is -0.541. The zero-order chi connectivity index (χ0) is 16.2. The van der Waals surface area contributed by atoms with E-state index < -0.39 is 5.82 Å². The van der Waals surface area contributed by atoms with Crippen molar-refractivity contribution in [3.05, 3.63) is 29.0 Å². The van der Waals surface area contributed by atoms with Crippen LogP contribution in [-0.4, -0.2) is 41.1 Å². The minimum Gasteiger partial charge on any atom is -0.394 e. The largest absolute Gasteiger partial charge is 0.394 e. The summed E-state index contributed by atoms with van der Waals surface area (Å²) >= 11 is 5.68. The van der Waals surface area contributed by atoms with Gasteiger partial charge in [-0.2, -0.15) is 0 Å². The highest BCUT2D eigenvalue weighted by Gasteiger charge is 2.38. The number of amides is 1. The van der Waals surface area contributed by atoms with Gasteiger partial charge in [-0.1, -0.05) is 18.5 Å². The van der Waals surface area contributed by atoms with Gasteiger partial charge in [0, 0.05) is 23.5 Å². The molecule has 22 heavy (non-hydrogen) atoms. The third-order valence-electron chi connectivity index (χ3n) is 4.51. The number of aliphatic hydroxyl groups excluding tert-OH is 1. The Hall–Kier alpha value is -1.17. The summed E-state index contributed by atoms with van der Waals surface area (Å²) in [5.41, 5.74) is -0.0639. The lowest BCUT2D eigenvalue weighted by Gasteiger charge is -2.36. The first-order chi connectivity index (χ1) is 10.5. The van der Waals surface area contributed by atoms with Crippen molar-refractivity contribution in [2.45, 2.75) is 38.1 Å². The van der Waals surface area contributed by atoms with E-state index in [4.69, 9.17) is 11.6 Å². The highest BCUT2D eigenvalue weighted by Crippen LogP contribution is 2.32. The van der Waals surface area contributed by atoms with E-state index in [2.05, 4.69) is 17.1 Å². The molecule has 0 radical (unpaired) electrons. The van der Waals surface area contributed by atoms with Crippen molar-refractivity contribution >= 4 is 23.2 Å². The monoisotopic (exact) mass is 328 g/mol. The molecule has 1 aromatic rings. The van der Waals surface area contributed by atoms with Crippen molar-refractivity contribution < 1.29 is 14.3 Å². The maximum atomic E-state index is 13.6. The third-order valence-corrected chi connectivity index (χ3v) is 4.74. The second kappa shape index (κ2) is 7.40. The molecule has 1 atom stereocenters. The smallest absolute Gasteiger partial charge is 0.225 e. The molecule has 0 aliphatic carbocycles. The maximum Gasteiger partial charge on any atom is 0.225 e. The van der Waals surface area contributed by atoms with Crippen LogP contribution in [0.2, 0.25) is 5.02 Å². The molecule has 122 valence electrons. The SMILES string of the molecule is CCC1(CO)CCCN1CCC(=O)Nc1ccc(Cl)cc1F. The van der Waals surface area contributed by atoms with Gasteiger partial charge in [0.05, 0.1) is 12.3 Å². The van der Waals surface area contributed by atoms with Gasteiger partial charge >= 0.3 is 0 Å². The summed E-state index contributed by atoms with van der Waals surface area (Å²) in [4.78, 5) is 14.2. The summed E-state index contributed by atoms with van der Waals surface area (Å²) in [5, 5.41) is 12.5. The minimum absolute atomic E-state index is 0.108. The second-order valence-corrected chi connectivity index (χ2v) is 6.19. The van der Waals surface area contributed by atoms with Crippen molar-refractivity contribution in [2.75, 3.05) is 25.0 Å². The fourth-order valence-electron chi connectivity index (χ4n) is 3.07. The lowest BCUT2D eigenvalue weighted by atomic mass is 9.94. The topological polar surface area (TPSA) is 52.6 Å². The Balaban J connectivity index is 1.90. The van der Waals surface area contributed by atoms with Crippen LogP contribution < -0.4 is 5.32 Å².